The third-order valence-electron chi connectivity index (χ3n) is 2.06. The van der Waals surface area contributed by atoms with E-state index in [2.05, 4.69) is 10.1 Å². The molecule has 0 aliphatic heterocycles. The molecular weight excluding hydrogens is 216 g/mol. The second-order valence-corrected chi connectivity index (χ2v) is 4.77. The molecule has 0 spiro atoms. The van der Waals surface area contributed by atoms with Gasteiger partial charge in [0.05, 0.1) is 5.39 Å². The van der Waals surface area contributed by atoms with Gasteiger partial charge in [-0.2, -0.15) is 5.10 Å². The molecule has 6 nitrogen and oxygen atoms in total. The molecule has 0 bridgehead atoms. The fourth-order valence-electron chi connectivity index (χ4n) is 1.40. The molecule has 2 aromatic heterocycles. The number of aryl methyl sites for hydroxylation is 2. The molecule has 0 unspecified atom stereocenters. The van der Waals surface area contributed by atoms with Crippen molar-refractivity contribution in [3.63, 3.8) is 0 Å². The summed E-state index contributed by atoms with van der Waals surface area (Å²) in [5.74, 6) is 0. The lowest BCUT2D eigenvalue weighted by atomic mass is 10.3. The topological polar surface area (TPSA) is 90.9 Å². The Morgan fingerprint density at radius 3 is 2.67 bits per heavy atom. The maximum atomic E-state index is 11.2. The SMILES string of the molecule is Cc1ccc2c(S(N)(=O)=O)nn(C)c2n1. The molecule has 2 rings (SSSR count). The van der Waals surface area contributed by atoms with E-state index in [1.807, 2.05) is 6.92 Å². The van der Waals surface area contributed by atoms with Crippen molar-refractivity contribution in [1.82, 2.24) is 14.8 Å². The highest BCUT2D eigenvalue weighted by Crippen LogP contribution is 2.19. The number of rotatable bonds is 1. The van der Waals surface area contributed by atoms with E-state index in [1.165, 1.54) is 4.68 Å². The Morgan fingerprint density at radius 1 is 1.40 bits per heavy atom. The van der Waals surface area contributed by atoms with Gasteiger partial charge >= 0.3 is 0 Å². The average molecular weight is 226 g/mol. The first-order chi connectivity index (χ1) is 6.89. The average Bonchev–Trinajstić information content (AvgIpc) is 2.43. The number of sulfonamides is 1. The van der Waals surface area contributed by atoms with Gasteiger partial charge < -0.3 is 0 Å². The summed E-state index contributed by atoms with van der Waals surface area (Å²) in [5, 5.41) is 9.20. The lowest BCUT2D eigenvalue weighted by Crippen LogP contribution is -2.13. The Bertz CT molecular complexity index is 629. The molecule has 0 atom stereocenters. The Hall–Kier alpha value is -1.47. The number of fused-ring (bicyclic) bond motifs is 1. The van der Waals surface area contributed by atoms with Gasteiger partial charge in [0, 0.05) is 12.7 Å². The zero-order valence-electron chi connectivity index (χ0n) is 8.30. The summed E-state index contributed by atoms with van der Waals surface area (Å²) in [6.07, 6.45) is 0. The zero-order chi connectivity index (χ0) is 11.2. The number of hydrogen-bond donors (Lipinski definition) is 1. The lowest BCUT2D eigenvalue weighted by Gasteiger charge is -1.94. The van der Waals surface area contributed by atoms with Crippen LogP contribution in [0.2, 0.25) is 0 Å². The second-order valence-electron chi connectivity index (χ2n) is 3.30. The molecule has 0 aliphatic rings. The van der Waals surface area contributed by atoms with Gasteiger partial charge in [-0.1, -0.05) is 0 Å². The number of nitrogens with two attached hydrogens (primary N) is 1. The first kappa shape index (κ1) is 10.1. The fourth-order valence-corrected chi connectivity index (χ4v) is 2.11. The van der Waals surface area contributed by atoms with E-state index in [4.69, 9.17) is 5.14 Å². The highest BCUT2D eigenvalue weighted by molar-refractivity contribution is 7.89. The predicted molar refractivity (Wildman–Crippen MR) is 54.6 cm³/mol. The van der Waals surface area contributed by atoms with E-state index in [1.54, 1.807) is 19.2 Å². The van der Waals surface area contributed by atoms with Gasteiger partial charge in [0.25, 0.3) is 10.0 Å². The molecule has 7 heteroatoms. The van der Waals surface area contributed by atoms with E-state index in [-0.39, 0.29) is 5.03 Å². The maximum Gasteiger partial charge on any atom is 0.258 e. The van der Waals surface area contributed by atoms with Gasteiger partial charge in [0.2, 0.25) is 5.03 Å². The van der Waals surface area contributed by atoms with E-state index in [0.717, 1.165) is 5.69 Å². The van der Waals surface area contributed by atoms with E-state index in [9.17, 15) is 8.42 Å². The molecule has 2 heterocycles. The Balaban J connectivity index is 2.92. The van der Waals surface area contributed by atoms with Gasteiger partial charge in [0.1, 0.15) is 0 Å². The molecular formula is C8H10N4O2S. The van der Waals surface area contributed by atoms with Gasteiger partial charge in [-0.3, -0.25) is 0 Å². The third kappa shape index (κ3) is 1.59. The van der Waals surface area contributed by atoms with Crippen LogP contribution in [0.15, 0.2) is 17.2 Å². The Kier molecular flexibility index (Phi) is 2.02. The van der Waals surface area contributed by atoms with Crippen LogP contribution in [-0.2, 0) is 17.1 Å². The molecule has 2 N–H and O–H groups in total. The highest BCUT2D eigenvalue weighted by Gasteiger charge is 2.18. The van der Waals surface area contributed by atoms with Gasteiger partial charge in [-0.15, -0.1) is 0 Å². The molecule has 0 amide bonds. The summed E-state index contributed by atoms with van der Waals surface area (Å²) in [6.45, 7) is 1.82. The first-order valence-corrected chi connectivity index (χ1v) is 5.77. The predicted octanol–water partition coefficient (Wildman–Crippen LogP) is -0.0759. The van der Waals surface area contributed by atoms with Crippen LogP contribution >= 0.6 is 0 Å². The van der Waals surface area contributed by atoms with Crippen LogP contribution in [0.5, 0.6) is 0 Å². The smallest absolute Gasteiger partial charge is 0.249 e. The molecule has 15 heavy (non-hydrogen) atoms. The molecule has 0 aromatic carbocycles. The molecule has 0 saturated carbocycles. The highest BCUT2D eigenvalue weighted by atomic mass is 32.2. The minimum Gasteiger partial charge on any atom is -0.249 e. The van der Waals surface area contributed by atoms with Crippen LogP contribution < -0.4 is 5.14 Å². The van der Waals surface area contributed by atoms with Gasteiger partial charge in [-0.05, 0) is 19.1 Å². The van der Waals surface area contributed by atoms with Crippen molar-refractivity contribution < 1.29 is 8.42 Å². The van der Waals surface area contributed by atoms with Crippen molar-refractivity contribution in [2.75, 3.05) is 0 Å². The number of hydrogen-bond acceptors (Lipinski definition) is 4. The minimum atomic E-state index is -3.79. The summed E-state index contributed by atoms with van der Waals surface area (Å²) >= 11 is 0. The first-order valence-electron chi connectivity index (χ1n) is 4.23. The summed E-state index contributed by atoms with van der Waals surface area (Å²) < 4.78 is 23.8. The molecule has 0 saturated heterocycles. The molecule has 2 aromatic rings. The third-order valence-corrected chi connectivity index (χ3v) is 2.90. The Morgan fingerprint density at radius 2 is 2.07 bits per heavy atom. The summed E-state index contributed by atoms with van der Waals surface area (Å²) in [5.41, 5.74) is 1.31. The van der Waals surface area contributed by atoms with Crippen molar-refractivity contribution in [2.24, 2.45) is 12.2 Å². The maximum absolute atomic E-state index is 11.2. The number of nitrogens with zero attached hydrogens (tertiary/aromatic N) is 3. The Labute approximate surface area is 86.8 Å². The van der Waals surface area contributed by atoms with Crippen LogP contribution in [0, 0.1) is 6.92 Å². The zero-order valence-corrected chi connectivity index (χ0v) is 9.11. The van der Waals surface area contributed by atoms with Crippen LogP contribution in [0.3, 0.4) is 0 Å². The van der Waals surface area contributed by atoms with Crippen molar-refractivity contribution in [3.8, 4) is 0 Å². The van der Waals surface area contributed by atoms with E-state index < -0.39 is 10.0 Å². The summed E-state index contributed by atoms with van der Waals surface area (Å²) in [6, 6.07) is 3.38. The summed E-state index contributed by atoms with van der Waals surface area (Å²) in [7, 11) is -2.16. The minimum absolute atomic E-state index is 0.132. The number of pyridine rings is 1. The number of aromatic nitrogens is 3. The van der Waals surface area contributed by atoms with Crippen molar-refractivity contribution >= 4 is 21.1 Å². The molecule has 80 valence electrons. The van der Waals surface area contributed by atoms with Crippen LogP contribution in [0.4, 0.5) is 0 Å². The second kappa shape index (κ2) is 3.01. The van der Waals surface area contributed by atoms with Crippen molar-refractivity contribution in [2.45, 2.75) is 11.9 Å². The van der Waals surface area contributed by atoms with Crippen molar-refractivity contribution in [3.05, 3.63) is 17.8 Å². The van der Waals surface area contributed by atoms with Gasteiger partial charge in [0.15, 0.2) is 5.65 Å². The quantitative estimate of drug-likeness (QED) is 0.736. The fraction of sp³-hybridized carbons (Fsp3) is 0.250. The molecule has 0 aliphatic carbocycles. The summed E-state index contributed by atoms with van der Waals surface area (Å²) in [4.78, 5) is 4.19. The van der Waals surface area contributed by atoms with Crippen LogP contribution in [0.1, 0.15) is 5.69 Å². The standard InChI is InChI=1S/C8H10N4O2S/c1-5-3-4-6-7(10-5)12(2)11-8(6)15(9,13)14/h3-4H,1-2H3,(H2,9,13,14). The van der Waals surface area contributed by atoms with Crippen LogP contribution in [0.25, 0.3) is 11.0 Å². The van der Waals surface area contributed by atoms with Crippen LogP contribution in [-0.4, -0.2) is 23.2 Å². The lowest BCUT2D eigenvalue weighted by molar-refractivity contribution is 0.591. The van der Waals surface area contributed by atoms with E-state index in [0.29, 0.717) is 11.0 Å². The molecule has 0 fully saturated rings. The number of primary sulfonamides is 1. The molecule has 0 radical (unpaired) electrons. The van der Waals surface area contributed by atoms with Crippen molar-refractivity contribution in [1.29, 1.82) is 0 Å². The largest absolute Gasteiger partial charge is 0.258 e. The van der Waals surface area contributed by atoms with Gasteiger partial charge in [-0.25, -0.2) is 23.2 Å². The van der Waals surface area contributed by atoms with E-state index >= 15 is 0 Å². The normalized spacial score (nSPS) is 12.2. The monoisotopic (exact) mass is 226 g/mol.